The Labute approximate surface area is 96.8 Å². The average molecular weight is 221 g/mol. The topological polar surface area (TPSA) is 38.3 Å². The van der Waals surface area contributed by atoms with Crippen molar-refractivity contribution in [1.82, 2.24) is 0 Å². The van der Waals surface area contributed by atoms with Gasteiger partial charge in [0.05, 0.1) is 12.2 Å². The van der Waals surface area contributed by atoms with Crippen molar-refractivity contribution >= 4 is 11.7 Å². The normalized spacial score (nSPS) is 9.88. The Balaban J connectivity index is 2.66. The van der Waals surface area contributed by atoms with Crippen LogP contribution >= 0.6 is 0 Å². The predicted molar refractivity (Wildman–Crippen MR) is 65.8 cm³/mol. The van der Waals surface area contributed by atoms with Crippen LogP contribution < -0.4 is 5.32 Å². The van der Waals surface area contributed by atoms with Gasteiger partial charge in [-0.3, -0.25) is 0 Å². The van der Waals surface area contributed by atoms with Gasteiger partial charge >= 0.3 is 5.97 Å². The number of ether oxygens (including phenoxy) is 1. The molecule has 1 N–H and O–H groups in total. The van der Waals surface area contributed by atoms with Gasteiger partial charge in [-0.25, -0.2) is 4.79 Å². The number of rotatable bonds is 6. The Kier molecular flexibility index (Phi) is 5.40. The molecule has 0 fully saturated rings. The maximum Gasteiger partial charge on any atom is 0.340 e. The fourth-order valence-corrected chi connectivity index (χ4v) is 1.39. The van der Waals surface area contributed by atoms with Gasteiger partial charge < -0.3 is 10.1 Å². The molecular weight excluding hydrogens is 202 g/mol. The molecule has 0 amide bonds. The summed E-state index contributed by atoms with van der Waals surface area (Å²) in [6.07, 6.45) is 1.94. The molecule has 0 bridgehead atoms. The molecule has 1 aromatic carbocycles. The fraction of sp³-hybridized carbons (Fsp3) is 0.462. The summed E-state index contributed by atoms with van der Waals surface area (Å²) in [5, 5.41) is 3.15. The molecule has 0 spiro atoms. The van der Waals surface area contributed by atoms with Crippen LogP contribution in [0.2, 0.25) is 0 Å². The van der Waals surface area contributed by atoms with E-state index >= 15 is 0 Å². The average Bonchev–Trinajstić information content (AvgIpc) is 2.30. The second-order valence-corrected chi connectivity index (χ2v) is 3.57. The van der Waals surface area contributed by atoms with Crippen molar-refractivity contribution in [3.63, 3.8) is 0 Å². The van der Waals surface area contributed by atoms with Gasteiger partial charge in [-0.15, -0.1) is 0 Å². The van der Waals surface area contributed by atoms with Crippen molar-refractivity contribution in [3.8, 4) is 0 Å². The Bertz CT molecular complexity index is 336. The molecule has 88 valence electrons. The molecule has 0 atom stereocenters. The van der Waals surface area contributed by atoms with Crippen LogP contribution in [0, 0.1) is 0 Å². The third-order valence-corrected chi connectivity index (χ3v) is 2.25. The van der Waals surface area contributed by atoms with Crippen LogP contribution in [0.5, 0.6) is 0 Å². The Morgan fingerprint density at radius 3 is 2.75 bits per heavy atom. The summed E-state index contributed by atoms with van der Waals surface area (Å²) in [7, 11) is 0. The molecule has 0 unspecified atom stereocenters. The van der Waals surface area contributed by atoms with E-state index in [4.69, 9.17) is 4.74 Å². The van der Waals surface area contributed by atoms with Crippen LogP contribution in [0.25, 0.3) is 0 Å². The van der Waals surface area contributed by atoms with E-state index in [1.165, 1.54) is 0 Å². The lowest BCUT2D eigenvalue weighted by Crippen LogP contribution is -2.10. The second kappa shape index (κ2) is 6.88. The monoisotopic (exact) mass is 221 g/mol. The molecule has 1 aromatic rings. The Morgan fingerprint density at radius 2 is 2.06 bits per heavy atom. The van der Waals surface area contributed by atoms with Crippen LogP contribution in [0.1, 0.15) is 37.0 Å². The second-order valence-electron chi connectivity index (χ2n) is 3.57. The van der Waals surface area contributed by atoms with E-state index in [-0.39, 0.29) is 5.97 Å². The highest BCUT2D eigenvalue weighted by atomic mass is 16.5. The van der Waals surface area contributed by atoms with Gasteiger partial charge in [0.1, 0.15) is 0 Å². The minimum atomic E-state index is -0.245. The summed E-state index contributed by atoms with van der Waals surface area (Å²) in [6.45, 7) is 5.36. The number of hydrogen-bond donors (Lipinski definition) is 1. The predicted octanol–water partition coefficient (Wildman–Crippen LogP) is 3.08. The van der Waals surface area contributed by atoms with Gasteiger partial charge in [-0.05, 0) is 25.5 Å². The zero-order valence-electron chi connectivity index (χ0n) is 9.95. The lowest BCUT2D eigenvalue weighted by Gasteiger charge is -2.09. The van der Waals surface area contributed by atoms with Gasteiger partial charge in [0.2, 0.25) is 0 Å². The molecule has 0 radical (unpaired) electrons. The van der Waals surface area contributed by atoms with Crippen LogP contribution in [-0.4, -0.2) is 19.1 Å². The first kappa shape index (κ1) is 12.6. The van der Waals surface area contributed by atoms with E-state index in [0.29, 0.717) is 12.2 Å². The quantitative estimate of drug-likeness (QED) is 0.592. The zero-order chi connectivity index (χ0) is 11.8. The molecule has 1 rings (SSSR count). The fourth-order valence-electron chi connectivity index (χ4n) is 1.39. The van der Waals surface area contributed by atoms with E-state index in [0.717, 1.165) is 25.1 Å². The molecule has 0 aliphatic heterocycles. The number of unbranched alkanes of at least 4 members (excludes halogenated alkanes) is 1. The molecule has 3 nitrogen and oxygen atoms in total. The van der Waals surface area contributed by atoms with E-state index < -0.39 is 0 Å². The number of para-hydroxylation sites is 1. The van der Waals surface area contributed by atoms with Crippen molar-refractivity contribution < 1.29 is 9.53 Å². The van der Waals surface area contributed by atoms with Gasteiger partial charge in [0, 0.05) is 12.2 Å². The molecule has 0 saturated heterocycles. The number of carbonyl (C=O) groups is 1. The largest absolute Gasteiger partial charge is 0.462 e. The molecular formula is C13H19NO2. The summed E-state index contributed by atoms with van der Waals surface area (Å²) < 4.78 is 5.18. The highest BCUT2D eigenvalue weighted by molar-refractivity contribution is 5.95. The first-order chi connectivity index (χ1) is 7.79. The summed E-state index contributed by atoms with van der Waals surface area (Å²) in [5.41, 5.74) is 1.45. The first-order valence-electron chi connectivity index (χ1n) is 5.79. The smallest absolute Gasteiger partial charge is 0.340 e. The van der Waals surface area contributed by atoms with Gasteiger partial charge in [-0.2, -0.15) is 0 Å². The molecule has 0 aliphatic rings. The molecule has 3 heteroatoms. The Morgan fingerprint density at radius 1 is 1.31 bits per heavy atom. The van der Waals surface area contributed by atoms with Crippen molar-refractivity contribution in [2.24, 2.45) is 0 Å². The summed E-state index contributed by atoms with van der Waals surface area (Å²) in [5.74, 6) is -0.245. The van der Waals surface area contributed by atoms with Crippen LogP contribution in [-0.2, 0) is 4.74 Å². The highest BCUT2D eigenvalue weighted by Crippen LogP contribution is 2.15. The minimum Gasteiger partial charge on any atom is -0.462 e. The van der Waals surface area contributed by atoms with Crippen molar-refractivity contribution in [3.05, 3.63) is 29.8 Å². The van der Waals surface area contributed by atoms with Crippen molar-refractivity contribution in [2.75, 3.05) is 18.5 Å². The van der Waals surface area contributed by atoms with E-state index in [9.17, 15) is 4.79 Å². The summed E-state index contributed by atoms with van der Waals surface area (Å²) in [6, 6.07) is 7.42. The lowest BCUT2D eigenvalue weighted by molar-refractivity contribution is 0.0501. The number of esters is 1. The lowest BCUT2D eigenvalue weighted by atomic mass is 10.2. The maximum atomic E-state index is 11.8. The van der Waals surface area contributed by atoms with Gasteiger partial charge in [0.25, 0.3) is 0 Å². The SMILES string of the molecule is CCCCOC(=O)c1ccccc1NCC. The third-order valence-electron chi connectivity index (χ3n) is 2.25. The van der Waals surface area contributed by atoms with Gasteiger partial charge in [-0.1, -0.05) is 25.5 Å². The Hall–Kier alpha value is -1.51. The zero-order valence-corrected chi connectivity index (χ0v) is 9.95. The first-order valence-corrected chi connectivity index (χ1v) is 5.79. The molecule has 0 saturated carbocycles. The van der Waals surface area contributed by atoms with Crippen molar-refractivity contribution in [1.29, 1.82) is 0 Å². The summed E-state index contributed by atoms with van der Waals surface area (Å²) >= 11 is 0. The number of hydrogen-bond acceptors (Lipinski definition) is 3. The third kappa shape index (κ3) is 3.57. The number of benzene rings is 1. The number of nitrogens with one attached hydrogen (secondary N) is 1. The number of carbonyl (C=O) groups excluding carboxylic acids is 1. The van der Waals surface area contributed by atoms with E-state index in [1.54, 1.807) is 6.07 Å². The summed E-state index contributed by atoms with van der Waals surface area (Å²) in [4.78, 5) is 11.8. The van der Waals surface area contributed by atoms with Crippen LogP contribution in [0.4, 0.5) is 5.69 Å². The van der Waals surface area contributed by atoms with Crippen LogP contribution in [0.15, 0.2) is 24.3 Å². The standard InChI is InChI=1S/C13H19NO2/c1-3-5-10-16-13(15)11-8-6-7-9-12(11)14-4-2/h6-9,14H,3-5,10H2,1-2H3. The molecule has 0 heterocycles. The molecule has 0 aliphatic carbocycles. The molecule has 16 heavy (non-hydrogen) atoms. The van der Waals surface area contributed by atoms with Crippen LogP contribution in [0.3, 0.4) is 0 Å². The number of anilines is 1. The maximum absolute atomic E-state index is 11.8. The van der Waals surface area contributed by atoms with Crippen molar-refractivity contribution in [2.45, 2.75) is 26.7 Å². The highest BCUT2D eigenvalue weighted by Gasteiger charge is 2.10. The minimum absolute atomic E-state index is 0.245. The van der Waals surface area contributed by atoms with E-state index in [1.807, 2.05) is 25.1 Å². The van der Waals surface area contributed by atoms with E-state index in [2.05, 4.69) is 12.2 Å². The molecule has 0 aromatic heterocycles. The van der Waals surface area contributed by atoms with Gasteiger partial charge in [0.15, 0.2) is 0 Å².